The first-order chi connectivity index (χ1) is 19.2. The van der Waals surface area contributed by atoms with Gasteiger partial charge in [0.05, 0.1) is 18.5 Å². The Balaban J connectivity index is 1.74. The van der Waals surface area contributed by atoms with Crippen molar-refractivity contribution in [2.24, 2.45) is 11.5 Å². The standard InChI is InChI=1S/C30H41N5O5/c1-35(22-15-9-4-10-16-22)30(40)27(37)24(18-21-13-7-3-8-14-21)33-29(39)25(19-26(32)36)34-28(38)23(31)17-20-11-5-2-6-12-20/h2-3,5-8,11-14,22-25,27,37H,4,9-10,15-19,31H2,1H3,(H2,32,36)(H,33,39)(H,34,38)/t23-,24+,25-,27-/m0/s1. The van der Waals surface area contributed by atoms with Crippen molar-refractivity contribution in [3.63, 3.8) is 0 Å². The van der Waals surface area contributed by atoms with Crippen LogP contribution in [0.2, 0.25) is 0 Å². The minimum absolute atomic E-state index is 0.0250. The van der Waals surface area contributed by atoms with E-state index in [0.717, 1.165) is 43.2 Å². The Kier molecular flexibility index (Phi) is 11.6. The van der Waals surface area contributed by atoms with Gasteiger partial charge in [-0.05, 0) is 36.8 Å². The van der Waals surface area contributed by atoms with Crippen LogP contribution in [-0.4, -0.2) is 71.0 Å². The number of carbonyl (C=O) groups is 4. The van der Waals surface area contributed by atoms with Gasteiger partial charge in [-0.15, -0.1) is 0 Å². The summed E-state index contributed by atoms with van der Waals surface area (Å²) in [6.07, 6.45) is 3.25. The van der Waals surface area contributed by atoms with Crippen molar-refractivity contribution in [1.29, 1.82) is 0 Å². The van der Waals surface area contributed by atoms with Gasteiger partial charge < -0.3 is 32.1 Å². The molecule has 216 valence electrons. The molecule has 2 aromatic carbocycles. The van der Waals surface area contributed by atoms with E-state index in [2.05, 4.69) is 10.6 Å². The Morgan fingerprint density at radius 2 is 1.43 bits per heavy atom. The van der Waals surface area contributed by atoms with Crippen LogP contribution in [0.1, 0.15) is 49.7 Å². The van der Waals surface area contributed by atoms with Crippen molar-refractivity contribution in [3.05, 3.63) is 71.8 Å². The lowest BCUT2D eigenvalue weighted by Gasteiger charge is -2.35. The second-order valence-corrected chi connectivity index (χ2v) is 10.5. The molecule has 0 aromatic heterocycles. The van der Waals surface area contributed by atoms with Crippen molar-refractivity contribution >= 4 is 23.6 Å². The fourth-order valence-electron chi connectivity index (χ4n) is 5.07. The van der Waals surface area contributed by atoms with Crippen LogP contribution in [0.25, 0.3) is 0 Å². The second-order valence-electron chi connectivity index (χ2n) is 10.5. The van der Waals surface area contributed by atoms with Gasteiger partial charge in [0.25, 0.3) is 5.91 Å². The van der Waals surface area contributed by atoms with Crippen LogP contribution in [0.3, 0.4) is 0 Å². The number of aliphatic hydroxyl groups excluding tert-OH is 1. The number of nitrogens with two attached hydrogens (primary N) is 2. The summed E-state index contributed by atoms with van der Waals surface area (Å²) in [5.74, 6) is -2.66. The molecule has 0 saturated heterocycles. The third-order valence-corrected chi connectivity index (χ3v) is 7.40. The molecular formula is C30H41N5O5. The van der Waals surface area contributed by atoms with Crippen LogP contribution >= 0.6 is 0 Å². The molecule has 1 saturated carbocycles. The molecule has 0 heterocycles. The first-order valence-corrected chi connectivity index (χ1v) is 13.8. The number of likely N-dealkylation sites (N-methyl/N-ethyl adjacent to an activating group) is 1. The van der Waals surface area contributed by atoms with Gasteiger partial charge in [-0.1, -0.05) is 79.9 Å². The summed E-state index contributed by atoms with van der Waals surface area (Å²) in [5.41, 5.74) is 13.1. The molecule has 0 bridgehead atoms. The van der Waals surface area contributed by atoms with E-state index in [1.54, 1.807) is 11.9 Å². The van der Waals surface area contributed by atoms with E-state index in [1.807, 2.05) is 60.7 Å². The van der Waals surface area contributed by atoms with Gasteiger partial charge in [-0.2, -0.15) is 0 Å². The molecule has 4 atom stereocenters. The van der Waals surface area contributed by atoms with Gasteiger partial charge in [0, 0.05) is 13.1 Å². The van der Waals surface area contributed by atoms with Crippen molar-refractivity contribution in [3.8, 4) is 0 Å². The summed E-state index contributed by atoms with van der Waals surface area (Å²) in [7, 11) is 1.67. The lowest BCUT2D eigenvalue weighted by molar-refractivity contribution is -0.144. The van der Waals surface area contributed by atoms with Crippen LogP contribution in [0, 0.1) is 0 Å². The van der Waals surface area contributed by atoms with Gasteiger partial charge in [-0.3, -0.25) is 19.2 Å². The van der Waals surface area contributed by atoms with Crippen molar-refractivity contribution < 1.29 is 24.3 Å². The van der Waals surface area contributed by atoms with Crippen LogP contribution in [-0.2, 0) is 32.0 Å². The zero-order valence-corrected chi connectivity index (χ0v) is 23.0. The van der Waals surface area contributed by atoms with Gasteiger partial charge in [-0.25, -0.2) is 0 Å². The molecule has 0 aliphatic heterocycles. The third kappa shape index (κ3) is 9.17. The van der Waals surface area contributed by atoms with E-state index in [4.69, 9.17) is 11.5 Å². The van der Waals surface area contributed by atoms with Crippen LogP contribution in [0.4, 0.5) is 0 Å². The van der Waals surface area contributed by atoms with Crippen LogP contribution in [0.5, 0.6) is 0 Å². The van der Waals surface area contributed by atoms with Gasteiger partial charge >= 0.3 is 0 Å². The maximum Gasteiger partial charge on any atom is 0.253 e. The normalized spacial score (nSPS) is 16.7. The average molecular weight is 552 g/mol. The monoisotopic (exact) mass is 551 g/mol. The summed E-state index contributed by atoms with van der Waals surface area (Å²) in [4.78, 5) is 52.9. The minimum Gasteiger partial charge on any atom is -0.381 e. The van der Waals surface area contributed by atoms with Crippen LogP contribution in [0.15, 0.2) is 60.7 Å². The first-order valence-electron chi connectivity index (χ1n) is 13.8. The number of carbonyl (C=O) groups excluding carboxylic acids is 4. The molecule has 0 unspecified atom stereocenters. The van der Waals surface area contributed by atoms with E-state index in [1.165, 1.54) is 0 Å². The van der Waals surface area contributed by atoms with E-state index in [-0.39, 0.29) is 18.9 Å². The SMILES string of the molecule is CN(C(=O)[C@@H](O)[C@@H](Cc1ccccc1)NC(=O)[C@H](CC(N)=O)NC(=O)[C@@H](N)Cc1ccccc1)C1CCCCC1. The molecule has 4 amide bonds. The Bertz CT molecular complexity index is 1120. The maximum absolute atomic E-state index is 13.4. The molecule has 2 aromatic rings. The fraction of sp³-hybridized carbons (Fsp3) is 0.467. The average Bonchev–Trinajstić information content (AvgIpc) is 2.96. The molecule has 0 radical (unpaired) electrons. The number of primary amides is 1. The summed E-state index contributed by atoms with van der Waals surface area (Å²) in [5, 5.41) is 16.4. The third-order valence-electron chi connectivity index (χ3n) is 7.40. The molecule has 1 fully saturated rings. The fourth-order valence-corrected chi connectivity index (χ4v) is 5.07. The van der Waals surface area contributed by atoms with E-state index in [9.17, 15) is 24.3 Å². The number of amides is 4. The summed E-state index contributed by atoms with van der Waals surface area (Å²) < 4.78 is 0. The van der Waals surface area contributed by atoms with Gasteiger partial charge in [0.1, 0.15) is 6.04 Å². The molecular weight excluding hydrogens is 510 g/mol. The Labute approximate surface area is 235 Å². The van der Waals surface area contributed by atoms with Gasteiger partial charge in [0.15, 0.2) is 6.10 Å². The molecule has 3 rings (SSSR count). The van der Waals surface area contributed by atoms with Crippen molar-refractivity contribution in [2.45, 2.75) is 81.6 Å². The number of rotatable bonds is 13. The first kappa shape index (κ1) is 30.8. The summed E-state index contributed by atoms with van der Waals surface area (Å²) >= 11 is 0. The van der Waals surface area contributed by atoms with Crippen LogP contribution < -0.4 is 22.1 Å². The van der Waals surface area contributed by atoms with Crippen molar-refractivity contribution in [1.82, 2.24) is 15.5 Å². The highest BCUT2D eigenvalue weighted by molar-refractivity contribution is 5.93. The lowest BCUT2D eigenvalue weighted by atomic mass is 9.93. The van der Waals surface area contributed by atoms with Crippen molar-refractivity contribution in [2.75, 3.05) is 7.05 Å². The second kappa shape index (κ2) is 15.1. The molecule has 0 spiro atoms. The number of nitrogens with zero attached hydrogens (tertiary/aromatic N) is 1. The number of nitrogens with one attached hydrogen (secondary N) is 2. The molecule has 10 nitrogen and oxygen atoms in total. The maximum atomic E-state index is 13.4. The number of benzene rings is 2. The highest BCUT2D eigenvalue weighted by Crippen LogP contribution is 2.22. The quantitative estimate of drug-likeness (QED) is 0.247. The predicted molar refractivity (Wildman–Crippen MR) is 152 cm³/mol. The number of hydrogen-bond donors (Lipinski definition) is 5. The molecule has 40 heavy (non-hydrogen) atoms. The van der Waals surface area contributed by atoms with E-state index in [0.29, 0.717) is 0 Å². The summed E-state index contributed by atoms with van der Waals surface area (Å²) in [6.45, 7) is 0. The van der Waals surface area contributed by atoms with E-state index < -0.39 is 54.3 Å². The van der Waals surface area contributed by atoms with E-state index >= 15 is 0 Å². The number of aliphatic hydroxyl groups is 1. The highest BCUT2D eigenvalue weighted by Gasteiger charge is 2.35. The summed E-state index contributed by atoms with van der Waals surface area (Å²) in [6, 6.07) is 15.0. The molecule has 1 aliphatic carbocycles. The van der Waals surface area contributed by atoms with Gasteiger partial charge in [0.2, 0.25) is 17.7 Å². The largest absolute Gasteiger partial charge is 0.381 e. The minimum atomic E-state index is -1.54. The Hall–Kier alpha value is -3.76. The molecule has 10 heteroatoms. The smallest absolute Gasteiger partial charge is 0.253 e. The molecule has 7 N–H and O–H groups in total. The number of hydrogen-bond acceptors (Lipinski definition) is 6. The zero-order valence-electron chi connectivity index (χ0n) is 23.0. The molecule has 1 aliphatic rings. The predicted octanol–water partition coefficient (Wildman–Crippen LogP) is 0.796. The Morgan fingerprint density at radius 3 is 1.98 bits per heavy atom. The topological polar surface area (TPSA) is 168 Å². The lowest BCUT2D eigenvalue weighted by Crippen LogP contribution is -2.59. The zero-order chi connectivity index (χ0) is 29.1. The highest BCUT2D eigenvalue weighted by atomic mass is 16.3. The Morgan fingerprint density at radius 1 is 0.875 bits per heavy atom.